The Balaban J connectivity index is 1.13. The van der Waals surface area contributed by atoms with Crippen molar-refractivity contribution in [2.24, 2.45) is 11.8 Å². The summed E-state index contributed by atoms with van der Waals surface area (Å²) in [4.78, 5) is 32.0. The molecule has 2 aromatic carbocycles. The number of nitrogens with one attached hydrogen (secondary N) is 1. The standard InChI is InChI=1S/C30H32F3N3O3/c31-24-16-20(17-25(32)28(24)33)5-6-27(37)35-13-9-21(10-14-35)29(30(38)39)36-11-7-19(8-12-36)15-22-18-34-26-4-2-1-3-23(22)26/h1-6,16-19,21,29,34H,7-15H2,(H,38,39)/b6-5+. The molecule has 0 spiro atoms. The lowest BCUT2D eigenvalue weighted by Gasteiger charge is -2.41. The van der Waals surface area contributed by atoms with E-state index in [-0.39, 0.29) is 17.4 Å². The maximum Gasteiger partial charge on any atom is 0.321 e. The van der Waals surface area contributed by atoms with Crippen LogP contribution < -0.4 is 0 Å². The maximum absolute atomic E-state index is 13.4. The maximum atomic E-state index is 13.4. The number of amides is 1. The molecule has 1 amide bonds. The number of hydrogen-bond acceptors (Lipinski definition) is 3. The highest BCUT2D eigenvalue weighted by Crippen LogP contribution is 2.31. The zero-order chi connectivity index (χ0) is 27.5. The van der Waals surface area contributed by atoms with Crippen molar-refractivity contribution in [1.29, 1.82) is 0 Å². The van der Waals surface area contributed by atoms with Gasteiger partial charge in [0.2, 0.25) is 5.91 Å². The highest BCUT2D eigenvalue weighted by molar-refractivity contribution is 5.91. The Morgan fingerprint density at radius 1 is 1.00 bits per heavy atom. The molecule has 1 unspecified atom stereocenters. The van der Waals surface area contributed by atoms with E-state index < -0.39 is 29.5 Å². The number of aliphatic carboxylic acids is 1. The minimum Gasteiger partial charge on any atom is -0.480 e. The number of rotatable bonds is 7. The Morgan fingerprint density at radius 2 is 1.67 bits per heavy atom. The minimum absolute atomic E-state index is 0.0497. The quantitative estimate of drug-likeness (QED) is 0.318. The molecule has 3 aromatic rings. The van der Waals surface area contributed by atoms with E-state index in [1.54, 1.807) is 4.90 Å². The first-order valence-electron chi connectivity index (χ1n) is 13.4. The van der Waals surface area contributed by atoms with Crippen LogP contribution in [0.5, 0.6) is 0 Å². The van der Waals surface area contributed by atoms with E-state index in [0.29, 0.717) is 31.8 Å². The molecule has 2 aliphatic rings. The van der Waals surface area contributed by atoms with Crippen molar-refractivity contribution < 1.29 is 27.9 Å². The number of carbonyl (C=O) groups is 2. The van der Waals surface area contributed by atoms with Gasteiger partial charge in [0.1, 0.15) is 6.04 Å². The molecule has 2 N–H and O–H groups in total. The summed E-state index contributed by atoms with van der Waals surface area (Å²) in [5.41, 5.74) is 2.49. The fourth-order valence-electron chi connectivity index (χ4n) is 6.08. The summed E-state index contributed by atoms with van der Waals surface area (Å²) in [5, 5.41) is 11.3. The van der Waals surface area contributed by atoms with Gasteiger partial charge in [-0.25, -0.2) is 13.2 Å². The molecule has 5 rings (SSSR count). The van der Waals surface area contributed by atoms with Crippen LogP contribution in [0.4, 0.5) is 13.2 Å². The summed E-state index contributed by atoms with van der Waals surface area (Å²) in [5.74, 6) is -4.90. The number of likely N-dealkylation sites (tertiary alicyclic amines) is 2. The van der Waals surface area contributed by atoms with Crippen LogP contribution in [0.15, 0.2) is 48.7 Å². The molecule has 0 bridgehead atoms. The number of benzene rings is 2. The molecule has 9 heteroatoms. The molecular weight excluding hydrogens is 507 g/mol. The van der Waals surface area contributed by atoms with Crippen molar-refractivity contribution in [3.05, 3.63) is 77.2 Å². The fraction of sp³-hybridized carbons (Fsp3) is 0.400. The predicted molar refractivity (Wildman–Crippen MR) is 142 cm³/mol. The number of hydrogen-bond donors (Lipinski definition) is 2. The van der Waals surface area contributed by atoms with Crippen LogP contribution in [0.3, 0.4) is 0 Å². The molecule has 2 fully saturated rings. The molecule has 1 aromatic heterocycles. The number of H-pyrrole nitrogens is 1. The van der Waals surface area contributed by atoms with Gasteiger partial charge >= 0.3 is 5.97 Å². The van der Waals surface area contributed by atoms with Crippen molar-refractivity contribution >= 4 is 28.9 Å². The van der Waals surface area contributed by atoms with Gasteiger partial charge in [-0.3, -0.25) is 14.5 Å². The third-order valence-corrected chi connectivity index (χ3v) is 8.20. The van der Waals surface area contributed by atoms with Gasteiger partial charge in [-0.1, -0.05) is 18.2 Å². The first kappa shape index (κ1) is 27.0. The highest BCUT2D eigenvalue weighted by Gasteiger charge is 2.38. The number of fused-ring (bicyclic) bond motifs is 1. The molecule has 2 aliphatic heterocycles. The Hall–Kier alpha value is -3.59. The molecule has 3 heterocycles. The van der Waals surface area contributed by atoms with Crippen LogP contribution >= 0.6 is 0 Å². The first-order chi connectivity index (χ1) is 18.8. The lowest BCUT2D eigenvalue weighted by molar-refractivity contribution is -0.147. The van der Waals surface area contributed by atoms with Crippen molar-refractivity contribution in [2.75, 3.05) is 26.2 Å². The van der Waals surface area contributed by atoms with Gasteiger partial charge in [0.05, 0.1) is 0 Å². The average molecular weight is 540 g/mol. The van der Waals surface area contributed by atoms with Crippen LogP contribution in [0.25, 0.3) is 17.0 Å². The third kappa shape index (κ3) is 6.03. The van der Waals surface area contributed by atoms with E-state index in [4.69, 9.17) is 0 Å². The van der Waals surface area contributed by atoms with Gasteiger partial charge in [-0.15, -0.1) is 0 Å². The monoisotopic (exact) mass is 539 g/mol. The van der Waals surface area contributed by atoms with E-state index in [2.05, 4.69) is 28.2 Å². The van der Waals surface area contributed by atoms with Crippen LogP contribution in [-0.2, 0) is 16.0 Å². The minimum atomic E-state index is -1.55. The fourth-order valence-corrected chi connectivity index (χ4v) is 6.08. The molecule has 39 heavy (non-hydrogen) atoms. The molecule has 2 saturated heterocycles. The molecule has 0 radical (unpaired) electrons. The summed E-state index contributed by atoms with van der Waals surface area (Å²) >= 11 is 0. The van der Waals surface area contributed by atoms with E-state index >= 15 is 0 Å². The molecule has 1 atom stereocenters. The summed E-state index contributed by atoms with van der Waals surface area (Å²) in [6.07, 6.45) is 8.52. The smallest absolute Gasteiger partial charge is 0.321 e. The third-order valence-electron chi connectivity index (χ3n) is 8.20. The Bertz CT molecular complexity index is 1350. The topological polar surface area (TPSA) is 76.6 Å². The summed E-state index contributed by atoms with van der Waals surface area (Å²) in [6.45, 7) is 2.27. The second kappa shape index (κ2) is 11.7. The number of piperidine rings is 2. The summed E-state index contributed by atoms with van der Waals surface area (Å²) < 4.78 is 40.0. The Morgan fingerprint density at radius 3 is 2.33 bits per heavy atom. The number of carboxylic acid groups (broad SMARTS) is 1. The SMILES string of the molecule is O=C(O)C(C1CCN(C(=O)/C=C/c2cc(F)c(F)c(F)c2)CC1)N1CCC(Cc2c[nH]c3ccccc23)CC1. The number of carboxylic acids is 1. The lowest BCUT2D eigenvalue weighted by atomic mass is 9.85. The predicted octanol–water partition coefficient (Wildman–Crippen LogP) is 5.24. The van der Waals surface area contributed by atoms with Crippen molar-refractivity contribution in [2.45, 2.75) is 38.1 Å². The zero-order valence-corrected chi connectivity index (χ0v) is 21.6. The summed E-state index contributed by atoms with van der Waals surface area (Å²) in [7, 11) is 0. The number of carbonyl (C=O) groups excluding carboxylic acids is 1. The zero-order valence-electron chi connectivity index (χ0n) is 21.6. The van der Waals surface area contributed by atoms with Crippen molar-refractivity contribution in [3.63, 3.8) is 0 Å². The number of halogens is 3. The van der Waals surface area contributed by atoms with Gasteiger partial charge in [-0.2, -0.15) is 0 Å². The van der Waals surface area contributed by atoms with E-state index in [9.17, 15) is 27.9 Å². The van der Waals surface area contributed by atoms with Crippen molar-refractivity contribution in [1.82, 2.24) is 14.8 Å². The van der Waals surface area contributed by atoms with E-state index in [1.165, 1.54) is 23.1 Å². The number of aromatic amines is 1. The normalized spacial score (nSPS) is 18.7. The molecule has 0 aliphatic carbocycles. The number of aromatic nitrogens is 1. The second-order valence-electron chi connectivity index (χ2n) is 10.6. The molecular formula is C30H32F3N3O3. The Labute approximate surface area is 225 Å². The molecule has 206 valence electrons. The largest absolute Gasteiger partial charge is 0.480 e. The lowest BCUT2D eigenvalue weighted by Crippen LogP contribution is -2.52. The number of nitrogens with zero attached hydrogens (tertiary/aromatic N) is 2. The van der Waals surface area contributed by atoms with Gasteiger partial charge in [-0.05, 0) is 92.4 Å². The highest BCUT2D eigenvalue weighted by atomic mass is 19.2. The van der Waals surface area contributed by atoms with Crippen LogP contribution in [0.1, 0.15) is 36.8 Å². The van der Waals surface area contributed by atoms with Gasteiger partial charge < -0.3 is 15.0 Å². The van der Waals surface area contributed by atoms with E-state index in [0.717, 1.165) is 50.0 Å². The van der Waals surface area contributed by atoms with Crippen LogP contribution in [-0.4, -0.2) is 64.0 Å². The first-order valence-corrected chi connectivity index (χ1v) is 13.4. The Kier molecular flexibility index (Phi) is 8.07. The number of para-hydroxylation sites is 1. The van der Waals surface area contributed by atoms with Gasteiger partial charge in [0.15, 0.2) is 17.5 Å². The van der Waals surface area contributed by atoms with E-state index in [1.807, 2.05) is 12.1 Å². The average Bonchev–Trinajstić information content (AvgIpc) is 3.34. The molecule has 6 nitrogen and oxygen atoms in total. The van der Waals surface area contributed by atoms with Gasteiger partial charge in [0.25, 0.3) is 0 Å². The van der Waals surface area contributed by atoms with Crippen LogP contribution in [0, 0.1) is 29.3 Å². The van der Waals surface area contributed by atoms with Gasteiger partial charge in [0, 0.05) is 36.3 Å². The van der Waals surface area contributed by atoms with Crippen LogP contribution in [0.2, 0.25) is 0 Å². The second-order valence-corrected chi connectivity index (χ2v) is 10.6. The summed E-state index contributed by atoms with van der Waals surface area (Å²) in [6, 6.07) is 9.34. The molecule has 0 saturated carbocycles. The van der Waals surface area contributed by atoms with Crippen molar-refractivity contribution in [3.8, 4) is 0 Å².